The maximum atomic E-state index is 6.36. The molecule has 0 amide bonds. The number of benzene rings is 1. The van der Waals surface area contributed by atoms with Crippen LogP contribution >= 0.6 is 11.6 Å². The SMILES string of the molecule is COc1ccc(CN2CCNCC2)c(Cl)c1OC. The molecule has 100 valence electrons. The molecule has 1 N–H and O–H groups in total. The average Bonchev–Trinajstić information content (AvgIpc) is 2.42. The Morgan fingerprint density at radius 3 is 2.56 bits per heavy atom. The lowest BCUT2D eigenvalue weighted by molar-refractivity contribution is 0.233. The zero-order chi connectivity index (χ0) is 13.0. The van der Waals surface area contributed by atoms with Crippen LogP contribution in [-0.2, 0) is 6.54 Å². The lowest BCUT2D eigenvalue weighted by Crippen LogP contribution is -2.42. The van der Waals surface area contributed by atoms with Gasteiger partial charge in [0.25, 0.3) is 0 Å². The molecule has 0 saturated carbocycles. The van der Waals surface area contributed by atoms with Crippen LogP contribution in [0, 0.1) is 0 Å². The van der Waals surface area contributed by atoms with Gasteiger partial charge in [-0.1, -0.05) is 17.7 Å². The minimum absolute atomic E-state index is 0.617. The number of halogens is 1. The number of rotatable bonds is 4. The van der Waals surface area contributed by atoms with E-state index in [0.29, 0.717) is 16.5 Å². The summed E-state index contributed by atoms with van der Waals surface area (Å²) >= 11 is 6.36. The van der Waals surface area contributed by atoms with E-state index in [-0.39, 0.29) is 0 Å². The number of nitrogens with one attached hydrogen (secondary N) is 1. The molecule has 0 radical (unpaired) electrons. The Morgan fingerprint density at radius 1 is 1.22 bits per heavy atom. The van der Waals surface area contributed by atoms with Crippen molar-refractivity contribution in [2.45, 2.75) is 6.54 Å². The second-order valence-corrected chi connectivity index (χ2v) is 4.68. The molecule has 0 bridgehead atoms. The van der Waals surface area contributed by atoms with E-state index in [2.05, 4.69) is 10.2 Å². The first-order valence-electron chi connectivity index (χ1n) is 6.08. The largest absolute Gasteiger partial charge is 0.493 e. The molecule has 1 aromatic rings. The van der Waals surface area contributed by atoms with E-state index < -0.39 is 0 Å². The van der Waals surface area contributed by atoms with Gasteiger partial charge in [0.2, 0.25) is 0 Å². The second-order valence-electron chi connectivity index (χ2n) is 4.30. The van der Waals surface area contributed by atoms with E-state index in [0.717, 1.165) is 38.3 Å². The van der Waals surface area contributed by atoms with E-state index in [1.807, 2.05) is 12.1 Å². The van der Waals surface area contributed by atoms with Crippen LogP contribution in [0.3, 0.4) is 0 Å². The fourth-order valence-electron chi connectivity index (χ4n) is 2.16. The van der Waals surface area contributed by atoms with Crippen molar-refractivity contribution in [3.63, 3.8) is 0 Å². The van der Waals surface area contributed by atoms with Crippen LogP contribution in [0.25, 0.3) is 0 Å². The van der Waals surface area contributed by atoms with Crippen LogP contribution in [0.1, 0.15) is 5.56 Å². The summed E-state index contributed by atoms with van der Waals surface area (Å²) < 4.78 is 10.5. The normalized spacial score (nSPS) is 16.6. The van der Waals surface area contributed by atoms with Crippen molar-refractivity contribution in [2.24, 2.45) is 0 Å². The highest BCUT2D eigenvalue weighted by Gasteiger charge is 2.16. The maximum absolute atomic E-state index is 6.36. The fraction of sp³-hybridized carbons (Fsp3) is 0.538. The standard InChI is InChI=1S/C13H19ClN2O2/c1-17-11-4-3-10(12(14)13(11)18-2)9-16-7-5-15-6-8-16/h3-4,15H,5-9H2,1-2H3. The van der Waals surface area contributed by atoms with E-state index >= 15 is 0 Å². The molecule has 1 aliphatic heterocycles. The van der Waals surface area contributed by atoms with Gasteiger partial charge in [0, 0.05) is 32.7 Å². The molecule has 1 heterocycles. The van der Waals surface area contributed by atoms with E-state index in [9.17, 15) is 0 Å². The highest BCUT2D eigenvalue weighted by Crippen LogP contribution is 2.37. The molecule has 5 heteroatoms. The summed E-state index contributed by atoms with van der Waals surface area (Å²) in [6.07, 6.45) is 0. The van der Waals surface area contributed by atoms with Gasteiger partial charge in [-0.25, -0.2) is 0 Å². The Morgan fingerprint density at radius 2 is 1.94 bits per heavy atom. The lowest BCUT2D eigenvalue weighted by Gasteiger charge is -2.27. The van der Waals surface area contributed by atoms with Gasteiger partial charge in [0.05, 0.1) is 19.2 Å². The first-order valence-corrected chi connectivity index (χ1v) is 6.46. The quantitative estimate of drug-likeness (QED) is 0.904. The van der Waals surface area contributed by atoms with Crippen molar-refractivity contribution in [2.75, 3.05) is 40.4 Å². The van der Waals surface area contributed by atoms with Crippen molar-refractivity contribution in [3.8, 4) is 11.5 Å². The van der Waals surface area contributed by atoms with E-state index in [1.165, 1.54) is 0 Å². The lowest BCUT2D eigenvalue weighted by atomic mass is 10.1. The summed E-state index contributed by atoms with van der Waals surface area (Å²) in [7, 11) is 3.22. The first kappa shape index (κ1) is 13.5. The van der Waals surface area contributed by atoms with Crippen LogP contribution in [0.5, 0.6) is 11.5 Å². The number of ether oxygens (including phenoxy) is 2. The Labute approximate surface area is 113 Å². The third-order valence-electron chi connectivity index (χ3n) is 3.17. The minimum atomic E-state index is 0.617. The van der Waals surface area contributed by atoms with Gasteiger partial charge >= 0.3 is 0 Å². The molecule has 4 nitrogen and oxygen atoms in total. The molecule has 1 fully saturated rings. The number of hydrogen-bond acceptors (Lipinski definition) is 4. The Kier molecular flexibility index (Phi) is 4.69. The van der Waals surface area contributed by atoms with Crippen molar-refractivity contribution in [1.82, 2.24) is 10.2 Å². The molecule has 1 saturated heterocycles. The van der Waals surface area contributed by atoms with Crippen LogP contribution in [0.15, 0.2) is 12.1 Å². The van der Waals surface area contributed by atoms with Gasteiger partial charge in [-0.05, 0) is 11.6 Å². The van der Waals surface area contributed by atoms with Gasteiger partial charge in [-0.2, -0.15) is 0 Å². The molecular formula is C13H19ClN2O2. The zero-order valence-corrected chi connectivity index (χ0v) is 11.6. The third kappa shape index (κ3) is 2.88. The summed E-state index contributed by atoms with van der Waals surface area (Å²) in [5, 5.41) is 3.99. The predicted octanol–water partition coefficient (Wildman–Crippen LogP) is 1.76. The molecule has 0 aromatic heterocycles. The number of nitrogens with zero attached hydrogens (tertiary/aromatic N) is 1. The van der Waals surface area contributed by atoms with E-state index in [1.54, 1.807) is 14.2 Å². The molecule has 0 spiro atoms. The van der Waals surface area contributed by atoms with Crippen molar-refractivity contribution in [3.05, 3.63) is 22.7 Å². The highest BCUT2D eigenvalue weighted by molar-refractivity contribution is 6.33. The summed E-state index contributed by atoms with van der Waals surface area (Å²) in [6, 6.07) is 3.91. The third-order valence-corrected chi connectivity index (χ3v) is 3.58. The predicted molar refractivity (Wildman–Crippen MR) is 72.7 cm³/mol. The Balaban J connectivity index is 2.17. The summed E-state index contributed by atoms with van der Waals surface area (Å²) in [6.45, 7) is 5.01. The van der Waals surface area contributed by atoms with Crippen molar-refractivity contribution < 1.29 is 9.47 Å². The molecule has 0 unspecified atom stereocenters. The summed E-state index contributed by atoms with van der Waals surface area (Å²) in [4.78, 5) is 2.38. The van der Waals surface area contributed by atoms with E-state index in [4.69, 9.17) is 21.1 Å². The van der Waals surface area contributed by atoms with Crippen LogP contribution in [-0.4, -0.2) is 45.3 Å². The molecule has 18 heavy (non-hydrogen) atoms. The highest BCUT2D eigenvalue weighted by atomic mass is 35.5. The topological polar surface area (TPSA) is 33.7 Å². The van der Waals surface area contributed by atoms with Gasteiger partial charge in [-0.15, -0.1) is 0 Å². The van der Waals surface area contributed by atoms with Gasteiger partial charge in [0.15, 0.2) is 11.5 Å². The molecular weight excluding hydrogens is 252 g/mol. The fourth-order valence-corrected chi connectivity index (χ4v) is 2.46. The molecule has 0 aliphatic carbocycles. The molecule has 1 aliphatic rings. The van der Waals surface area contributed by atoms with Crippen LogP contribution in [0.4, 0.5) is 0 Å². The Bertz CT molecular complexity index is 406. The maximum Gasteiger partial charge on any atom is 0.179 e. The van der Waals surface area contributed by atoms with Crippen molar-refractivity contribution in [1.29, 1.82) is 0 Å². The molecule has 1 aromatic carbocycles. The van der Waals surface area contributed by atoms with Crippen LogP contribution in [0.2, 0.25) is 5.02 Å². The minimum Gasteiger partial charge on any atom is -0.493 e. The zero-order valence-electron chi connectivity index (χ0n) is 10.8. The molecule has 2 rings (SSSR count). The van der Waals surface area contributed by atoms with Crippen LogP contribution < -0.4 is 14.8 Å². The van der Waals surface area contributed by atoms with Crippen molar-refractivity contribution >= 4 is 11.6 Å². The average molecular weight is 271 g/mol. The second kappa shape index (κ2) is 6.27. The summed E-state index contributed by atoms with van der Waals surface area (Å²) in [5.41, 5.74) is 1.08. The van der Waals surface area contributed by atoms with Gasteiger partial charge < -0.3 is 14.8 Å². The number of hydrogen-bond donors (Lipinski definition) is 1. The Hall–Kier alpha value is -0.970. The summed E-state index contributed by atoms with van der Waals surface area (Å²) in [5.74, 6) is 1.29. The molecule has 0 atom stereocenters. The monoisotopic (exact) mass is 270 g/mol. The van der Waals surface area contributed by atoms with Gasteiger partial charge in [-0.3, -0.25) is 4.90 Å². The van der Waals surface area contributed by atoms with Gasteiger partial charge in [0.1, 0.15) is 0 Å². The number of methoxy groups -OCH3 is 2. The number of piperazine rings is 1. The first-order chi connectivity index (χ1) is 8.76. The smallest absolute Gasteiger partial charge is 0.179 e.